The van der Waals surface area contributed by atoms with Gasteiger partial charge in [-0.3, -0.25) is 19.7 Å². The number of carbonyl (C=O) groups excluding carboxylic acids is 2. The molecule has 0 aromatic heterocycles. The molecule has 9 heteroatoms. The molecule has 1 aromatic rings. The molecule has 0 saturated carbocycles. The molecule has 2 fully saturated rings. The first-order chi connectivity index (χ1) is 15.2. The van der Waals surface area contributed by atoms with Crippen molar-refractivity contribution in [3.63, 3.8) is 0 Å². The molecule has 2 saturated heterocycles. The van der Waals surface area contributed by atoms with E-state index in [1.165, 1.54) is 7.05 Å². The van der Waals surface area contributed by atoms with Crippen LogP contribution in [0.25, 0.3) is 0 Å². The van der Waals surface area contributed by atoms with E-state index in [2.05, 4.69) is 36.8 Å². The third-order valence-electron chi connectivity index (χ3n) is 6.91. The molecule has 0 spiro atoms. The van der Waals surface area contributed by atoms with Gasteiger partial charge in [0.1, 0.15) is 5.75 Å². The van der Waals surface area contributed by atoms with E-state index in [0.717, 1.165) is 57.4 Å². The maximum atomic E-state index is 13.0. The molecule has 1 atom stereocenters. The molecule has 1 aromatic carbocycles. The van der Waals surface area contributed by atoms with E-state index in [4.69, 9.17) is 0 Å². The number of hydroxylamine groups is 2. The molecule has 2 heterocycles. The van der Waals surface area contributed by atoms with Gasteiger partial charge in [-0.2, -0.15) is 0 Å². The number of phenols is 1. The van der Waals surface area contributed by atoms with Crippen molar-refractivity contribution in [2.75, 3.05) is 39.8 Å². The van der Waals surface area contributed by atoms with Gasteiger partial charge in [-0.05, 0) is 107 Å². The van der Waals surface area contributed by atoms with Crippen molar-refractivity contribution in [1.29, 1.82) is 0 Å². The van der Waals surface area contributed by atoms with Gasteiger partial charge in [-0.15, -0.1) is 0 Å². The van der Waals surface area contributed by atoms with E-state index in [0.29, 0.717) is 32.3 Å². The van der Waals surface area contributed by atoms with Gasteiger partial charge >= 0.3 is 0 Å². The topological polar surface area (TPSA) is 84.3 Å². The van der Waals surface area contributed by atoms with E-state index < -0.39 is 0 Å². The molecule has 3 rings (SSSR count). The van der Waals surface area contributed by atoms with Crippen LogP contribution in [0.15, 0.2) is 21.1 Å². The Morgan fingerprint density at radius 1 is 1.06 bits per heavy atom. The quantitative estimate of drug-likeness (QED) is 0.398. The lowest BCUT2D eigenvalue weighted by atomic mass is 9.78. The number of amides is 2. The molecule has 2 aliphatic rings. The highest BCUT2D eigenvalue weighted by Crippen LogP contribution is 2.35. The number of aromatic hydroxyl groups is 1. The molecule has 2 aliphatic heterocycles. The number of phenolic OH excluding ortho intramolecular Hbond substituents is 1. The summed E-state index contributed by atoms with van der Waals surface area (Å²) in [4.78, 5) is 28.8. The average molecular weight is 575 g/mol. The number of halogens is 2. The molecule has 0 radical (unpaired) electrons. The Balaban J connectivity index is 1.44. The third-order valence-corrected chi connectivity index (χ3v) is 8.12. The first-order valence-electron chi connectivity index (χ1n) is 11.3. The molecular weight excluding hydrogens is 542 g/mol. The summed E-state index contributed by atoms with van der Waals surface area (Å²) in [6, 6.07) is 3.74. The molecule has 7 nitrogen and oxygen atoms in total. The number of carbonyl (C=O) groups is 2. The average Bonchev–Trinajstić information content (AvgIpc) is 2.77. The van der Waals surface area contributed by atoms with E-state index in [1.54, 1.807) is 0 Å². The number of likely N-dealkylation sites (N-methyl/N-ethyl adjacent to an activating group) is 1. The van der Waals surface area contributed by atoms with Crippen molar-refractivity contribution in [2.45, 2.75) is 39.0 Å². The van der Waals surface area contributed by atoms with Gasteiger partial charge in [0.15, 0.2) is 0 Å². The minimum absolute atomic E-state index is 0.111. The maximum Gasteiger partial charge on any atom is 0.259 e. The lowest BCUT2D eigenvalue weighted by Crippen LogP contribution is -2.45. The molecular formula is C23H33Br2N3O4. The van der Waals surface area contributed by atoms with Gasteiger partial charge in [0.2, 0.25) is 5.91 Å². The zero-order valence-corrected chi connectivity index (χ0v) is 21.9. The number of benzene rings is 1. The highest BCUT2D eigenvalue weighted by molar-refractivity contribution is 9.11. The van der Waals surface area contributed by atoms with Gasteiger partial charge in [-0.1, -0.05) is 6.92 Å². The Morgan fingerprint density at radius 3 is 2.06 bits per heavy atom. The summed E-state index contributed by atoms with van der Waals surface area (Å²) in [5.74, 6) is 1.28. The molecule has 178 valence electrons. The van der Waals surface area contributed by atoms with Crippen molar-refractivity contribution in [1.82, 2.24) is 14.9 Å². The second kappa shape index (κ2) is 11.3. The number of hydrogen-bond acceptors (Lipinski definition) is 5. The van der Waals surface area contributed by atoms with Crippen LogP contribution in [0, 0.1) is 17.8 Å². The summed E-state index contributed by atoms with van der Waals surface area (Å²) in [6.45, 7) is 5.65. The zero-order chi connectivity index (χ0) is 23.4. The van der Waals surface area contributed by atoms with Crippen LogP contribution in [0.3, 0.4) is 0 Å². The van der Waals surface area contributed by atoms with E-state index >= 15 is 0 Å². The standard InChI is InChI=1S/C23H33Br2N3O4/c1-15(11-16-12-19(24)22(30)20(25)13-16)23(31)28-9-5-18(6-10-28)17-3-7-27(8-4-17)14-21(29)26(2)32/h12-13,15,17-18,30,32H,3-11,14H2,1-2H3/t15-/m1/s1. The van der Waals surface area contributed by atoms with Crippen molar-refractivity contribution in [3.05, 3.63) is 26.6 Å². The molecule has 0 bridgehead atoms. The van der Waals surface area contributed by atoms with Crippen molar-refractivity contribution < 1.29 is 19.9 Å². The fourth-order valence-corrected chi connectivity index (χ4v) is 6.24. The van der Waals surface area contributed by atoms with Crippen LogP contribution in [-0.2, 0) is 16.0 Å². The second-order valence-corrected chi connectivity index (χ2v) is 10.9. The summed E-state index contributed by atoms with van der Waals surface area (Å²) in [7, 11) is 1.37. The van der Waals surface area contributed by atoms with Crippen LogP contribution >= 0.6 is 31.9 Å². The molecule has 2 amide bonds. The Labute approximate surface area is 207 Å². The maximum absolute atomic E-state index is 13.0. The lowest BCUT2D eigenvalue weighted by molar-refractivity contribution is -0.160. The predicted octanol–water partition coefficient (Wildman–Crippen LogP) is 3.89. The third kappa shape index (κ3) is 6.46. The summed E-state index contributed by atoms with van der Waals surface area (Å²) in [6.07, 6.45) is 4.86. The summed E-state index contributed by atoms with van der Waals surface area (Å²) >= 11 is 6.72. The number of likely N-dealkylation sites (tertiary alicyclic amines) is 2. The van der Waals surface area contributed by atoms with Crippen LogP contribution in [0.1, 0.15) is 38.2 Å². The molecule has 2 N–H and O–H groups in total. The first kappa shape index (κ1) is 25.5. The van der Waals surface area contributed by atoms with Gasteiger partial charge < -0.3 is 10.0 Å². The Hall–Kier alpha value is -1.16. The fourth-order valence-electron chi connectivity index (χ4n) is 4.96. The van der Waals surface area contributed by atoms with Crippen molar-refractivity contribution in [3.8, 4) is 5.75 Å². The van der Waals surface area contributed by atoms with Gasteiger partial charge in [-0.25, -0.2) is 5.06 Å². The Morgan fingerprint density at radius 2 is 1.56 bits per heavy atom. The van der Waals surface area contributed by atoms with Crippen LogP contribution < -0.4 is 0 Å². The number of rotatable bonds is 6. The van der Waals surface area contributed by atoms with Crippen LogP contribution in [0.5, 0.6) is 5.75 Å². The fraction of sp³-hybridized carbons (Fsp3) is 0.652. The minimum Gasteiger partial charge on any atom is -0.506 e. The van der Waals surface area contributed by atoms with Crippen molar-refractivity contribution >= 4 is 43.7 Å². The monoisotopic (exact) mass is 573 g/mol. The molecule has 32 heavy (non-hydrogen) atoms. The van der Waals surface area contributed by atoms with Crippen molar-refractivity contribution in [2.24, 2.45) is 17.8 Å². The zero-order valence-electron chi connectivity index (χ0n) is 18.8. The highest BCUT2D eigenvalue weighted by Gasteiger charge is 2.32. The first-order valence-corrected chi connectivity index (χ1v) is 12.9. The Kier molecular flexibility index (Phi) is 9.00. The smallest absolute Gasteiger partial charge is 0.259 e. The second-order valence-electron chi connectivity index (χ2n) is 9.21. The largest absolute Gasteiger partial charge is 0.506 e. The predicted molar refractivity (Wildman–Crippen MR) is 129 cm³/mol. The van der Waals surface area contributed by atoms with Crippen LogP contribution in [0.4, 0.5) is 0 Å². The summed E-state index contributed by atoms with van der Waals surface area (Å²) in [5.41, 5.74) is 1.01. The summed E-state index contributed by atoms with van der Waals surface area (Å²) in [5, 5.41) is 19.8. The van der Waals surface area contributed by atoms with E-state index in [9.17, 15) is 19.9 Å². The SMILES string of the molecule is C[C@H](Cc1cc(Br)c(O)c(Br)c1)C(=O)N1CCC(C2CCN(CC(=O)N(C)O)CC2)CC1. The van der Waals surface area contributed by atoms with E-state index in [-0.39, 0.29) is 30.0 Å². The lowest BCUT2D eigenvalue weighted by Gasteiger charge is -2.40. The number of piperidine rings is 2. The molecule has 0 unspecified atom stereocenters. The van der Waals surface area contributed by atoms with Gasteiger partial charge in [0, 0.05) is 26.1 Å². The van der Waals surface area contributed by atoms with E-state index in [1.807, 2.05) is 24.0 Å². The Bertz CT molecular complexity index is 796. The number of nitrogens with zero attached hydrogens (tertiary/aromatic N) is 3. The van der Waals surface area contributed by atoms with Gasteiger partial charge in [0.25, 0.3) is 5.91 Å². The van der Waals surface area contributed by atoms with Crippen LogP contribution in [-0.4, -0.2) is 76.8 Å². The van der Waals surface area contributed by atoms with Gasteiger partial charge in [0.05, 0.1) is 15.5 Å². The highest BCUT2D eigenvalue weighted by atomic mass is 79.9. The number of hydrogen-bond donors (Lipinski definition) is 2. The summed E-state index contributed by atoms with van der Waals surface area (Å²) < 4.78 is 1.25. The van der Waals surface area contributed by atoms with Crippen LogP contribution in [0.2, 0.25) is 0 Å². The molecule has 0 aliphatic carbocycles. The normalized spacial score (nSPS) is 19.7. The minimum atomic E-state index is -0.267.